The molecule has 0 saturated heterocycles. The molecule has 0 aliphatic carbocycles. The Balaban J connectivity index is 0.000000208. The van der Waals surface area contributed by atoms with Gasteiger partial charge in [0, 0.05) is 10.6 Å². The van der Waals surface area contributed by atoms with Gasteiger partial charge >= 0.3 is 7.12 Å². The van der Waals surface area contributed by atoms with Crippen LogP contribution in [0.2, 0.25) is 0 Å². The molecule has 2 aromatic heterocycles. The predicted molar refractivity (Wildman–Crippen MR) is 199 cm³/mol. The molecule has 4 aromatic carbocycles. The first kappa shape index (κ1) is 40.9. The van der Waals surface area contributed by atoms with Crippen molar-refractivity contribution in [2.24, 2.45) is 0 Å². The molecular weight excluding hydrogens is 723 g/mol. The van der Waals surface area contributed by atoms with Crippen molar-refractivity contribution in [2.45, 2.75) is 72.9 Å². The van der Waals surface area contributed by atoms with E-state index < -0.39 is 13.2 Å². The summed E-state index contributed by atoms with van der Waals surface area (Å²) in [7, 11) is 0.105. The maximum atomic E-state index is 9.75. The molecule has 1 unspecified atom stereocenters. The third-order valence-electron chi connectivity index (χ3n) is 6.44. The van der Waals surface area contributed by atoms with Gasteiger partial charge in [-0.15, -0.1) is 0 Å². The van der Waals surface area contributed by atoms with E-state index in [1.165, 1.54) is 7.11 Å². The number of aliphatic hydroxyl groups is 2. The van der Waals surface area contributed by atoms with Gasteiger partial charge in [-0.25, -0.2) is 9.26 Å². The molecule has 0 spiro atoms. The van der Waals surface area contributed by atoms with Gasteiger partial charge in [0.25, 0.3) is 0 Å². The fraction of sp³-hybridized carbons (Fsp3) is 0.333. The summed E-state index contributed by atoms with van der Waals surface area (Å²) in [5.74, 6) is 1.95. The number of nitrogens with zero attached hydrogens (tertiary/aromatic N) is 4. The first-order valence-electron chi connectivity index (χ1n) is 16.2. The van der Waals surface area contributed by atoms with Crippen molar-refractivity contribution in [3.63, 3.8) is 0 Å². The van der Waals surface area contributed by atoms with Crippen LogP contribution >= 0.6 is 15.9 Å². The molecule has 0 aliphatic rings. The average Bonchev–Trinajstić information content (AvgIpc) is 3.75. The van der Waals surface area contributed by atoms with Crippen LogP contribution in [-0.4, -0.2) is 73.4 Å². The molecule has 0 aliphatic heterocycles. The highest BCUT2D eigenvalue weighted by Gasteiger charge is 2.14. The van der Waals surface area contributed by atoms with Gasteiger partial charge in [-0.3, -0.25) is 0 Å². The summed E-state index contributed by atoms with van der Waals surface area (Å²) in [6.45, 7) is 13.0. The molecule has 51 heavy (non-hydrogen) atoms. The Morgan fingerprint density at radius 2 is 1.22 bits per heavy atom. The summed E-state index contributed by atoms with van der Waals surface area (Å²) in [6.07, 6.45) is -0.549. The minimum absolute atomic E-state index is 0.0268. The van der Waals surface area contributed by atoms with E-state index in [1.54, 1.807) is 45.0 Å². The van der Waals surface area contributed by atoms with Crippen molar-refractivity contribution in [1.82, 2.24) is 20.6 Å². The number of hydrogen-bond donors (Lipinski definition) is 4. The molecule has 272 valence electrons. The average molecular weight is 767 g/mol. The van der Waals surface area contributed by atoms with Gasteiger partial charge in [0.05, 0.1) is 25.4 Å². The second kappa shape index (κ2) is 19.7. The first-order chi connectivity index (χ1) is 24.2. The molecule has 0 bridgehead atoms. The Morgan fingerprint density at radius 1 is 0.667 bits per heavy atom. The lowest BCUT2D eigenvalue weighted by molar-refractivity contribution is 0.199. The largest absolute Gasteiger partial charge is 0.497 e. The van der Waals surface area contributed by atoms with Crippen molar-refractivity contribution in [3.8, 4) is 28.4 Å². The van der Waals surface area contributed by atoms with Crippen LogP contribution in [0.5, 0.6) is 17.2 Å². The zero-order valence-electron chi connectivity index (χ0n) is 29.8. The van der Waals surface area contributed by atoms with E-state index in [0.717, 1.165) is 21.2 Å². The van der Waals surface area contributed by atoms with Gasteiger partial charge in [-0.2, -0.15) is 0 Å². The van der Waals surface area contributed by atoms with Crippen LogP contribution in [-0.2, 0) is 0 Å². The first-order valence-corrected chi connectivity index (χ1v) is 17.0. The molecule has 4 N–H and O–H groups in total. The maximum Gasteiger partial charge on any atom is 0.488 e. The molecule has 0 amide bonds. The molecule has 13 nitrogen and oxygen atoms in total. The smallest absolute Gasteiger partial charge is 0.488 e. The number of aromatic nitrogens is 4. The second-order valence-electron chi connectivity index (χ2n) is 12.0. The Bertz CT molecular complexity index is 1940. The minimum atomic E-state index is -1.43. The number of ether oxygens (including phenoxy) is 3. The SMILES string of the molecule is CC(C)O.CC(C)Oc1cc(-c2cccc(C(C)O)c2)cc2nonc12.CC(C)Oc1cc(Br)cc2nonc12.COc1cccc(B(O)O)c1. The number of hydrogen-bond acceptors (Lipinski definition) is 13. The number of benzene rings is 4. The van der Waals surface area contributed by atoms with Crippen LogP contribution in [0.15, 0.2) is 86.5 Å². The van der Waals surface area contributed by atoms with Crippen LogP contribution in [0.1, 0.15) is 60.1 Å². The van der Waals surface area contributed by atoms with E-state index >= 15 is 0 Å². The van der Waals surface area contributed by atoms with E-state index in [0.29, 0.717) is 44.8 Å². The number of fused-ring (bicyclic) bond motifs is 2. The quantitative estimate of drug-likeness (QED) is 0.127. The lowest BCUT2D eigenvalue weighted by Gasteiger charge is -2.12. The highest BCUT2D eigenvalue weighted by Crippen LogP contribution is 2.32. The highest BCUT2D eigenvalue weighted by molar-refractivity contribution is 9.10. The summed E-state index contributed by atoms with van der Waals surface area (Å²) in [5.41, 5.74) is 5.83. The third-order valence-corrected chi connectivity index (χ3v) is 6.89. The fourth-order valence-electron chi connectivity index (χ4n) is 4.32. The van der Waals surface area contributed by atoms with E-state index in [2.05, 4.69) is 41.2 Å². The molecule has 2 heterocycles. The summed E-state index contributed by atoms with van der Waals surface area (Å²) in [6, 6.07) is 21.9. The van der Waals surface area contributed by atoms with Crippen LogP contribution in [0.3, 0.4) is 0 Å². The number of halogens is 1. The van der Waals surface area contributed by atoms with Gasteiger partial charge in [-0.1, -0.05) is 46.3 Å². The van der Waals surface area contributed by atoms with E-state index in [9.17, 15) is 5.11 Å². The molecule has 15 heteroatoms. The van der Waals surface area contributed by atoms with Crippen molar-refractivity contribution >= 4 is 50.6 Å². The van der Waals surface area contributed by atoms with Crippen LogP contribution in [0.4, 0.5) is 0 Å². The summed E-state index contributed by atoms with van der Waals surface area (Å²) in [5, 5.41) is 50.6. The molecule has 6 rings (SSSR count). The number of rotatable bonds is 8. The Kier molecular flexibility index (Phi) is 15.8. The number of aliphatic hydroxyl groups excluding tert-OH is 2. The van der Waals surface area contributed by atoms with E-state index in [-0.39, 0.29) is 18.3 Å². The fourth-order valence-corrected chi connectivity index (χ4v) is 4.75. The van der Waals surface area contributed by atoms with Crippen molar-refractivity contribution < 1.29 is 43.7 Å². The summed E-state index contributed by atoms with van der Waals surface area (Å²) >= 11 is 3.37. The Hall–Kier alpha value is -4.54. The minimum Gasteiger partial charge on any atom is -0.497 e. The van der Waals surface area contributed by atoms with Gasteiger partial charge in [0.15, 0.2) is 22.5 Å². The van der Waals surface area contributed by atoms with Gasteiger partial charge < -0.3 is 34.5 Å². The van der Waals surface area contributed by atoms with Gasteiger partial charge in [0.2, 0.25) is 0 Å². The van der Waals surface area contributed by atoms with Gasteiger partial charge in [-0.05, 0) is 134 Å². The zero-order chi connectivity index (χ0) is 37.7. The standard InChI is InChI=1S/C17H18N2O3.C9H9BrN2O2.C7H9BO3.C3H8O/c1-10(2)21-16-9-14(8-15-17(16)19-22-18-15)13-6-4-5-12(7-13)11(3)20;1-5(2)13-8-4-6(10)3-7-9(8)12-14-11-7;1-11-7-4-2-3-6(5-7)8(9)10;1-3(2)4/h4-11,20H,1-3H3;3-5H,1-2H3;2-5,9-10H,1H3;3-4H,1-2H3. The molecule has 0 radical (unpaired) electrons. The van der Waals surface area contributed by atoms with Crippen LogP contribution < -0.4 is 19.7 Å². The van der Waals surface area contributed by atoms with Gasteiger partial charge in [0.1, 0.15) is 16.8 Å². The summed E-state index contributed by atoms with van der Waals surface area (Å²) < 4.78 is 26.6. The number of methoxy groups -OCH3 is 1. The Morgan fingerprint density at radius 3 is 1.75 bits per heavy atom. The second-order valence-corrected chi connectivity index (χ2v) is 12.9. The van der Waals surface area contributed by atoms with Crippen LogP contribution in [0, 0.1) is 0 Å². The maximum absolute atomic E-state index is 9.75. The molecule has 0 saturated carbocycles. The Labute approximate surface area is 305 Å². The topological polar surface area (TPSA) is 186 Å². The molecular formula is C36H44BBrN4O9. The predicted octanol–water partition coefficient (Wildman–Crippen LogP) is 6.26. The van der Waals surface area contributed by atoms with Crippen molar-refractivity contribution in [2.75, 3.05) is 7.11 Å². The normalized spacial score (nSPS) is 11.3. The van der Waals surface area contributed by atoms with Crippen LogP contribution in [0.25, 0.3) is 33.2 Å². The third kappa shape index (κ3) is 12.9. The molecule has 1 atom stereocenters. The molecule has 0 fully saturated rings. The highest BCUT2D eigenvalue weighted by atomic mass is 79.9. The van der Waals surface area contributed by atoms with Crippen molar-refractivity contribution in [3.05, 3.63) is 82.8 Å². The lowest BCUT2D eigenvalue weighted by atomic mass is 9.80. The van der Waals surface area contributed by atoms with E-state index in [1.807, 2.05) is 76.2 Å². The zero-order valence-corrected chi connectivity index (χ0v) is 31.4. The van der Waals surface area contributed by atoms with Crippen molar-refractivity contribution in [1.29, 1.82) is 0 Å². The molecule has 6 aromatic rings. The summed E-state index contributed by atoms with van der Waals surface area (Å²) in [4.78, 5) is 0. The van der Waals surface area contributed by atoms with E-state index in [4.69, 9.17) is 34.0 Å². The monoisotopic (exact) mass is 766 g/mol. The lowest BCUT2D eigenvalue weighted by Crippen LogP contribution is -2.29.